The Bertz CT molecular complexity index is 438. The lowest BCUT2D eigenvalue weighted by atomic mass is 10.0. The van der Waals surface area contributed by atoms with Gasteiger partial charge in [-0.1, -0.05) is 42.5 Å². The average molecular weight is 169 g/mol. The SMILES string of the molecule is c1ccc2c(C3CN3)cccc2c1. The van der Waals surface area contributed by atoms with Crippen molar-refractivity contribution in [1.29, 1.82) is 0 Å². The van der Waals surface area contributed by atoms with Crippen LogP contribution in [-0.2, 0) is 0 Å². The first kappa shape index (κ1) is 7.10. The summed E-state index contributed by atoms with van der Waals surface area (Å²) in [4.78, 5) is 0. The van der Waals surface area contributed by atoms with Crippen LogP contribution in [-0.4, -0.2) is 6.54 Å². The van der Waals surface area contributed by atoms with Crippen molar-refractivity contribution in [3.63, 3.8) is 0 Å². The van der Waals surface area contributed by atoms with E-state index in [1.54, 1.807) is 0 Å². The second-order valence-corrected chi connectivity index (χ2v) is 3.53. The molecule has 0 saturated carbocycles. The fourth-order valence-corrected chi connectivity index (χ4v) is 1.83. The molecule has 1 aliphatic heterocycles. The summed E-state index contributed by atoms with van der Waals surface area (Å²) in [6.07, 6.45) is 0. The zero-order chi connectivity index (χ0) is 8.67. The molecule has 1 N–H and O–H groups in total. The molecule has 3 rings (SSSR count). The molecule has 1 nitrogen and oxygen atoms in total. The fourth-order valence-electron chi connectivity index (χ4n) is 1.83. The molecule has 1 unspecified atom stereocenters. The van der Waals surface area contributed by atoms with Crippen LogP contribution in [0.4, 0.5) is 0 Å². The average Bonchev–Trinajstić information content (AvgIpc) is 3.00. The topological polar surface area (TPSA) is 21.9 Å². The summed E-state index contributed by atoms with van der Waals surface area (Å²) in [5.41, 5.74) is 1.44. The summed E-state index contributed by atoms with van der Waals surface area (Å²) in [6.45, 7) is 1.13. The smallest absolute Gasteiger partial charge is 0.0453 e. The highest BCUT2D eigenvalue weighted by molar-refractivity contribution is 5.86. The highest BCUT2D eigenvalue weighted by Gasteiger charge is 2.23. The third kappa shape index (κ3) is 1.12. The van der Waals surface area contributed by atoms with Crippen LogP contribution in [0.5, 0.6) is 0 Å². The van der Waals surface area contributed by atoms with E-state index in [0.29, 0.717) is 6.04 Å². The molecular formula is C12H11N. The Labute approximate surface area is 77.4 Å². The van der Waals surface area contributed by atoms with E-state index >= 15 is 0 Å². The Morgan fingerprint density at radius 3 is 2.62 bits per heavy atom. The third-order valence-corrected chi connectivity index (χ3v) is 2.61. The number of rotatable bonds is 1. The largest absolute Gasteiger partial charge is 0.307 e. The van der Waals surface area contributed by atoms with Gasteiger partial charge >= 0.3 is 0 Å². The minimum Gasteiger partial charge on any atom is -0.307 e. The summed E-state index contributed by atoms with van der Waals surface area (Å²) >= 11 is 0. The molecule has 64 valence electrons. The molecule has 1 aliphatic rings. The van der Waals surface area contributed by atoms with Gasteiger partial charge in [-0.3, -0.25) is 0 Å². The van der Waals surface area contributed by atoms with Gasteiger partial charge in [-0.15, -0.1) is 0 Å². The van der Waals surface area contributed by atoms with Gasteiger partial charge < -0.3 is 5.32 Å². The molecule has 0 radical (unpaired) electrons. The van der Waals surface area contributed by atoms with E-state index in [2.05, 4.69) is 47.8 Å². The van der Waals surface area contributed by atoms with Crippen molar-refractivity contribution in [2.24, 2.45) is 0 Å². The summed E-state index contributed by atoms with van der Waals surface area (Å²) in [5, 5.41) is 6.07. The first-order valence-electron chi connectivity index (χ1n) is 4.66. The second kappa shape index (κ2) is 2.57. The van der Waals surface area contributed by atoms with Gasteiger partial charge in [0, 0.05) is 12.6 Å². The van der Waals surface area contributed by atoms with Crippen molar-refractivity contribution in [3.05, 3.63) is 48.0 Å². The molecule has 1 heteroatoms. The maximum absolute atomic E-state index is 3.34. The molecule has 0 aliphatic carbocycles. The van der Waals surface area contributed by atoms with Crippen molar-refractivity contribution in [1.82, 2.24) is 5.32 Å². The predicted molar refractivity (Wildman–Crippen MR) is 54.7 cm³/mol. The lowest BCUT2D eigenvalue weighted by Gasteiger charge is -2.02. The lowest BCUT2D eigenvalue weighted by Crippen LogP contribution is -1.85. The Morgan fingerprint density at radius 2 is 1.77 bits per heavy atom. The molecule has 0 spiro atoms. The molecule has 1 fully saturated rings. The van der Waals surface area contributed by atoms with Crippen LogP contribution in [0.1, 0.15) is 11.6 Å². The van der Waals surface area contributed by atoms with Gasteiger partial charge in [-0.05, 0) is 16.3 Å². The van der Waals surface area contributed by atoms with E-state index in [9.17, 15) is 0 Å². The van der Waals surface area contributed by atoms with E-state index in [-0.39, 0.29) is 0 Å². The summed E-state index contributed by atoms with van der Waals surface area (Å²) in [6, 6.07) is 15.7. The van der Waals surface area contributed by atoms with Gasteiger partial charge in [0.2, 0.25) is 0 Å². The van der Waals surface area contributed by atoms with Crippen molar-refractivity contribution in [2.45, 2.75) is 6.04 Å². The molecule has 1 saturated heterocycles. The molecule has 0 aromatic heterocycles. The maximum Gasteiger partial charge on any atom is 0.0453 e. The Kier molecular flexibility index (Phi) is 1.41. The van der Waals surface area contributed by atoms with E-state index in [1.807, 2.05) is 0 Å². The highest BCUT2D eigenvalue weighted by Crippen LogP contribution is 2.28. The fraction of sp³-hybridized carbons (Fsp3) is 0.167. The number of benzene rings is 2. The molecule has 13 heavy (non-hydrogen) atoms. The van der Waals surface area contributed by atoms with E-state index in [4.69, 9.17) is 0 Å². The molecule has 0 bridgehead atoms. The Balaban J connectivity index is 2.32. The van der Waals surface area contributed by atoms with Crippen molar-refractivity contribution < 1.29 is 0 Å². The Hall–Kier alpha value is -1.34. The van der Waals surface area contributed by atoms with Gasteiger partial charge in [-0.25, -0.2) is 0 Å². The van der Waals surface area contributed by atoms with E-state index < -0.39 is 0 Å². The van der Waals surface area contributed by atoms with Crippen LogP contribution < -0.4 is 5.32 Å². The normalized spacial score (nSPS) is 20.5. The molecular weight excluding hydrogens is 158 g/mol. The van der Waals surface area contributed by atoms with E-state index in [1.165, 1.54) is 16.3 Å². The molecule has 2 aromatic rings. The predicted octanol–water partition coefficient (Wildman–Crippen LogP) is 2.48. The van der Waals surface area contributed by atoms with Crippen molar-refractivity contribution in [3.8, 4) is 0 Å². The monoisotopic (exact) mass is 169 g/mol. The van der Waals surface area contributed by atoms with Crippen molar-refractivity contribution in [2.75, 3.05) is 6.54 Å². The standard InChI is InChI=1S/C12H11N/c1-2-6-10-9(4-1)5-3-7-11(10)12-8-13-12/h1-7,12-13H,8H2. The van der Waals surface area contributed by atoms with Crippen LogP contribution in [0, 0.1) is 0 Å². The first-order chi connectivity index (χ1) is 6.45. The summed E-state index contributed by atoms with van der Waals surface area (Å²) < 4.78 is 0. The quantitative estimate of drug-likeness (QED) is 0.651. The van der Waals surface area contributed by atoms with Crippen LogP contribution >= 0.6 is 0 Å². The van der Waals surface area contributed by atoms with Crippen LogP contribution in [0.15, 0.2) is 42.5 Å². The summed E-state index contributed by atoms with van der Waals surface area (Å²) in [5.74, 6) is 0. The summed E-state index contributed by atoms with van der Waals surface area (Å²) in [7, 11) is 0. The molecule has 1 atom stereocenters. The van der Waals surface area contributed by atoms with Crippen LogP contribution in [0.25, 0.3) is 10.8 Å². The number of fused-ring (bicyclic) bond motifs is 1. The first-order valence-corrected chi connectivity index (χ1v) is 4.66. The van der Waals surface area contributed by atoms with Gasteiger partial charge in [0.15, 0.2) is 0 Å². The van der Waals surface area contributed by atoms with Crippen LogP contribution in [0.3, 0.4) is 0 Å². The maximum atomic E-state index is 3.34. The number of hydrogen-bond donors (Lipinski definition) is 1. The molecule has 0 amide bonds. The zero-order valence-electron chi connectivity index (χ0n) is 7.33. The van der Waals surface area contributed by atoms with Gasteiger partial charge in [-0.2, -0.15) is 0 Å². The van der Waals surface area contributed by atoms with E-state index in [0.717, 1.165) is 6.54 Å². The molecule has 2 aromatic carbocycles. The number of nitrogens with one attached hydrogen (secondary N) is 1. The second-order valence-electron chi connectivity index (χ2n) is 3.53. The van der Waals surface area contributed by atoms with Gasteiger partial charge in [0.1, 0.15) is 0 Å². The van der Waals surface area contributed by atoms with Crippen LogP contribution in [0.2, 0.25) is 0 Å². The lowest BCUT2D eigenvalue weighted by molar-refractivity contribution is 1.09. The zero-order valence-corrected chi connectivity index (χ0v) is 7.33. The minimum absolute atomic E-state index is 0.603. The van der Waals surface area contributed by atoms with Gasteiger partial charge in [0.25, 0.3) is 0 Å². The molecule has 1 heterocycles. The minimum atomic E-state index is 0.603. The van der Waals surface area contributed by atoms with Crippen molar-refractivity contribution >= 4 is 10.8 Å². The highest BCUT2D eigenvalue weighted by atomic mass is 15.1. The van der Waals surface area contributed by atoms with Gasteiger partial charge in [0.05, 0.1) is 0 Å². The Morgan fingerprint density at radius 1 is 1.00 bits per heavy atom. The number of hydrogen-bond acceptors (Lipinski definition) is 1. The third-order valence-electron chi connectivity index (χ3n) is 2.61.